The lowest BCUT2D eigenvalue weighted by molar-refractivity contribution is -0.125. The summed E-state index contributed by atoms with van der Waals surface area (Å²) in [5.41, 5.74) is 2.26. The Labute approximate surface area is 221 Å². The number of nitrogens with one attached hydrogen (secondary N) is 1. The molecule has 3 heterocycles. The number of halogens is 1. The van der Waals surface area contributed by atoms with Crippen LogP contribution >= 0.6 is 0 Å². The number of ketones is 1. The van der Waals surface area contributed by atoms with Gasteiger partial charge in [0.2, 0.25) is 0 Å². The number of carbonyl (C=O) groups is 3. The summed E-state index contributed by atoms with van der Waals surface area (Å²) >= 11 is 0. The first kappa shape index (κ1) is 25.9. The van der Waals surface area contributed by atoms with Gasteiger partial charge < -0.3 is 19.5 Å². The summed E-state index contributed by atoms with van der Waals surface area (Å²) in [4.78, 5) is 48.5. The maximum absolute atomic E-state index is 13.8. The van der Waals surface area contributed by atoms with Crippen LogP contribution in [0.1, 0.15) is 53.0 Å². The second-order valence-corrected chi connectivity index (χ2v) is 10.3. The zero-order chi connectivity index (χ0) is 27.0. The number of fused-ring (bicyclic) bond motifs is 1. The Kier molecular flexibility index (Phi) is 7.21. The van der Waals surface area contributed by atoms with E-state index in [-0.39, 0.29) is 29.4 Å². The molecule has 3 aromatic rings. The van der Waals surface area contributed by atoms with Crippen molar-refractivity contribution in [3.8, 4) is 5.75 Å². The molecule has 8 nitrogen and oxygen atoms in total. The quantitative estimate of drug-likeness (QED) is 0.394. The highest BCUT2D eigenvalue weighted by molar-refractivity contribution is 6.45. The van der Waals surface area contributed by atoms with Crippen molar-refractivity contribution in [1.29, 1.82) is 0 Å². The van der Waals surface area contributed by atoms with E-state index in [1.165, 1.54) is 25.4 Å². The SMILES string of the molecule is COc1cc2[nH]cc(C(=O)C(=O)N3CCCC3)c2cc1C(=O)N1C[C@H](C)N(Cc2ccc(F)cc2)C[C@H]1C. The Morgan fingerprint density at radius 1 is 1.00 bits per heavy atom. The van der Waals surface area contributed by atoms with E-state index in [1.54, 1.807) is 29.2 Å². The topological polar surface area (TPSA) is 85.9 Å². The Balaban J connectivity index is 1.39. The van der Waals surface area contributed by atoms with E-state index in [9.17, 15) is 18.8 Å². The van der Waals surface area contributed by atoms with Gasteiger partial charge in [0.1, 0.15) is 11.6 Å². The van der Waals surface area contributed by atoms with Crippen LogP contribution in [0.15, 0.2) is 42.6 Å². The third-order valence-corrected chi connectivity index (χ3v) is 7.74. The van der Waals surface area contributed by atoms with E-state index in [4.69, 9.17) is 4.74 Å². The number of aromatic amines is 1. The number of methoxy groups -OCH3 is 1. The molecule has 2 fully saturated rings. The second kappa shape index (κ2) is 10.6. The minimum Gasteiger partial charge on any atom is -0.496 e. The molecule has 2 amide bonds. The van der Waals surface area contributed by atoms with Gasteiger partial charge in [0.05, 0.1) is 18.2 Å². The number of ether oxygens (including phenoxy) is 1. The lowest BCUT2D eigenvalue weighted by Crippen LogP contribution is -2.57. The summed E-state index contributed by atoms with van der Waals surface area (Å²) in [7, 11) is 1.51. The van der Waals surface area contributed by atoms with Crippen molar-refractivity contribution >= 4 is 28.5 Å². The number of nitrogens with zero attached hydrogens (tertiary/aromatic N) is 3. The fourth-order valence-electron chi connectivity index (χ4n) is 5.53. The van der Waals surface area contributed by atoms with Crippen LogP contribution in [0.4, 0.5) is 4.39 Å². The monoisotopic (exact) mass is 520 g/mol. The first-order valence-electron chi connectivity index (χ1n) is 13.1. The molecule has 2 saturated heterocycles. The number of aromatic nitrogens is 1. The maximum atomic E-state index is 13.8. The molecule has 0 radical (unpaired) electrons. The highest BCUT2D eigenvalue weighted by atomic mass is 19.1. The van der Waals surface area contributed by atoms with Crippen LogP contribution in [0.25, 0.3) is 10.9 Å². The number of rotatable bonds is 6. The van der Waals surface area contributed by atoms with Crippen molar-refractivity contribution in [2.75, 3.05) is 33.3 Å². The van der Waals surface area contributed by atoms with E-state index in [1.807, 2.05) is 11.8 Å². The molecule has 2 aliphatic rings. The first-order chi connectivity index (χ1) is 18.3. The van der Waals surface area contributed by atoms with Crippen molar-refractivity contribution in [3.63, 3.8) is 0 Å². The third kappa shape index (κ3) is 4.90. The molecule has 0 saturated carbocycles. The van der Waals surface area contributed by atoms with Gasteiger partial charge in [-0.05, 0) is 50.5 Å². The summed E-state index contributed by atoms with van der Waals surface area (Å²) in [5.74, 6) is -1.12. The molecule has 2 atom stereocenters. The number of hydrogen-bond acceptors (Lipinski definition) is 5. The summed E-state index contributed by atoms with van der Waals surface area (Å²) in [5, 5.41) is 0.530. The lowest BCUT2D eigenvalue weighted by Gasteiger charge is -2.44. The van der Waals surface area contributed by atoms with Gasteiger partial charge in [-0.1, -0.05) is 12.1 Å². The van der Waals surface area contributed by atoms with E-state index in [0.717, 1.165) is 18.4 Å². The molecule has 5 rings (SSSR count). The molecule has 38 heavy (non-hydrogen) atoms. The minimum atomic E-state index is -0.571. The molecule has 0 aliphatic carbocycles. The molecule has 0 unspecified atom stereocenters. The Morgan fingerprint density at radius 2 is 1.71 bits per heavy atom. The normalized spacial score (nSPS) is 20.2. The number of amides is 2. The number of likely N-dealkylation sites (tertiary alicyclic amines) is 1. The molecule has 1 aromatic heterocycles. The summed E-state index contributed by atoms with van der Waals surface area (Å²) in [6.45, 7) is 7.10. The third-order valence-electron chi connectivity index (χ3n) is 7.74. The Hall–Kier alpha value is -3.72. The summed E-state index contributed by atoms with van der Waals surface area (Å²) in [6, 6.07) is 9.87. The van der Waals surface area contributed by atoms with Crippen LogP contribution in [0.5, 0.6) is 5.75 Å². The van der Waals surface area contributed by atoms with Crippen LogP contribution in [0, 0.1) is 5.82 Å². The van der Waals surface area contributed by atoms with Crippen molar-refractivity contribution in [3.05, 3.63) is 65.1 Å². The molecule has 1 N–H and O–H groups in total. The van der Waals surface area contributed by atoms with Gasteiger partial charge >= 0.3 is 0 Å². The summed E-state index contributed by atoms with van der Waals surface area (Å²) < 4.78 is 18.9. The van der Waals surface area contributed by atoms with Crippen LogP contribution in [-0.4, -0.2) is 82.7 Å². The number of benzene rings is 2. The number of carbonyl (C=O) groups excluding carboxylic acids is 3. The average molecular weight is 521 g/mol. The van der Waals surface area contributed by atoms with Crippen LogP contribution < -0.4 is 4.74 Å². The molecule has 9 heteroatoms. The zero-order valence-corrected chi connectivity index (χ0v) is 22.0. The van der Waals surface area contributed by atoms with Crippen LogP contribution in [0.2, 0.25) is 0 Å². The molecule has 2 aromatic carbocycles. The van der Waals surface area contributed by atoms with E-state index in [0.29, 0.717) is 54.9 Å². The minimum absolute atomic E-state index is 0.0800. The first-order valence-corrected chi connectivity index (χ1v) is 13.1. The fraction of sp³-hybridized carbons (Fsp3) is 0.414. The molecule has 2 aliphatic heterocycles. The fourth-order valence-corrected chi connectivity index (χ4v) is 5.53. The predicted octanol–water partition coefficient (Wildman–Crippen LogP) is 3.86. The van der Waals surface area contributed by atoms with Gasteiger partial charge in [-0.25, -0.2) is 4.39 Å². The highest BCUT2D eigenvalue weighted by Crippen LogP contribution is 2.31. The predicted molar refractivity (Wildman–Crippen MR) is 142 cm³/mol. The van der Waals surface area contributed by atoms with Gasteiger partial charge in [0, 0.05) is 68.0 Å². The van der Waals surface area contributed by atoms with Crippen molar-refractivity contribution < 1.29 is 23.5 Å². The zero-order valence-electron chi connectivity index (χ0n) is 22.0. The maximum Gasteiger partial charge on any atom is 0.295 e. The van der Waals surface area contributed by atoms with Crippen LogP contribution in [0.3, 0.4) is 0 Å². The number of H-pyrrole nitrogens is 1. The van der Waals surface area contributed by atoms with Crippen molar-refractivity contribution in [2.45, 2.75) is 45.3 Å². The largest absolute Gasteiger partial charge is 0.496 e. The molecular formula is C29H33FN4O4. The van der Waals surface area contributed by atoms with Gasteiger partial charge in [-0.15, -0.1) is 0 Å². The van der Waals surface area contributed by atoms with Gasteiger partial charge in [-0.3, -0.25) is 19.3 Å². The van der Waals surface area contributed by atoms with E-state index in [2.05, 4.69) is 16.8 Å². The van der Waals surface area contributed by atoms with Gasteiger partial charge in [-0.2, -0.15) is 0 Å². The number of piperazine rings is 1. The summed E-state index contributed by atoms with van der Waals surface area (Å²) in [6.07, 6.45) is 3.33. The Morgan fingerprint density at radius 3 is 2.39 bits per heavy atom. The molecule has 200 valence electrons. The standard InChI is InChI=1S/C29H33FN4O4/c1-18-16-34(19(2)15-33(18)17-20-6-8-21(30)9-7-20)28(36)23-12-22-24(14-31-25(22)13-26(23)38-3)27(35)29(37)32-10-4-5-11-32/h6-9,12-14,18-19,31H,4-5,10-11,15-17H2,1-3H3/t18-,19+/m0/s1. The number of Topliss-reactive ketones (excluding diaryl/α,β-unsaturated/α-hetero) is 1. The molecule has 0 spiro atoms. The number of hydrogen-bond donors (Lipinski definition) is 1. The average Bonchev–Trinajstić information content (AvgIpc) is 3.60. The molecule has 0 bridgehead atoms. The van der Waals surface area contributed by atoms with Gasteiger partial charge in [0.25, 0.3) is 17.6 Å². The van der Waals surface area contributed by atoms with Crippen LogP contribution in [-0.2, 0) is 11.3 Å². The van der Waals surface area contributed by atoms with Crippen molar-refractivity contribution in [1.82, 2.24) is 19.7 Å². The van der Waals surface area contributed by atoms with Gasteiger partial charge in [0.15, 0.2) is 0 Å². The molecular weight excluding hydrogens is 487 g/mol. The lowest BCUT2D eigenvalue weighted by atomic mass is 10.0. The van der Waals surface area contributed by atoms with Crippen molar-refractivity contribution in [2.24, 2.45) is 0 Å². The van der Waals surface area contributed by atoms with E-state index >= 15 is 0 Å². The highest BCUT2D eigenvalue weighted by Gasteiger charge is 2.34. The Bertz CT molecular complexity index is 1360. The smallest absolute Gasteiger partial charge is 0.295 e. The second-order valence-electron chi connectivity index (χ2n) is 10.3. The van der Waals surface area contributed by atoms with E-state index < -0.39 is 11.7 Å².